The summed E-state index contributed by atoms with van der Waals surface area (Å²) in [6.45, 7) is 0.367. The lowest BCUT2D eigenvalue weighted by Crippen LogP contribution is -2.28. The van der Waals surface area contributed by atoms with Crippen molar-refractivity contribution < 1.29 is 14.7 Å². The molecule has 1 saturated heterocycles. The van der Waals surface area contributed by atoms with Crippen molar-refractivity contribution in [3.05, 3.63) is 66.0 Å². The van der Waals surface area contributed by atoms with Crippen molar-refractivity contribution in [2.75, 3.05) is 16.8 Å². The molecule has 1 fully saturated rings. The van der Waals surface area contributed by atoms with Crippen molar-refractivity contribution in [2.45, 2.75) is 25.7 Å². The molecule has 0 bridgehead atoms. The number of carbonyl (C=O) groups excluding carboxylic acids is 2. The molecule has 7 nitrogen and oxygen atoms in total. The van der Waals surface area contributed by atoms with Crippen LogP contribution in [0.2, 0.25) is 0 Å². The second kappa shape index (κ2) is 7.83. The zero-order chi connectivity index (χ0) is 21.4. The minimum absolute atomic E-state index is 0.0337. The summed E-state index contributed by atoms with van der Waals surface area (Å²) in [5.74, 6) is -0.0872. The number of hydrogen-bond acceptors (Lipinski definition) is 5. The Balaban J connectivity index is 1.25. The highest BCUT2D eigenvalue weighted by Gasteiger charge is 2.35. The van der Waals surface area contributed by atoms with Crippen molar-refractivity contribution >= 4 is 23.2 Å². The number of phenols is 1. The number of carbonyl (C=O) groups is 2. The third kappa shape index (κ3) is 3.86. The third-order valence-corrected chi connectivity index (χ3v) is 5.91. The van der Waals surface area contributed by atoms with Crippen LogP contribution in [0.25, 0.3) is 11.4 Å². The molecule has 1 aliphatic heterocycles. The lowest BCUT2D eigenvalue weighted by molar-refractivity contribution is -0.122. The molecule has 3 aromatic rings. The Morgan fingerprint density at radius 1 is 1.06 bits per heavy atom. The van der Waals surface area contributed by atoms with E-state index in [0.29, 0.717) is 23.6 Å². The molecular formula is C24H22N4O3. The molecule has 5 rings (SSSR count). The first kappa shape index (κ1) is 19.2. The topological polar surface area (TPSA) is 95.4 Å². The lowest BCUT2D eigenvalue weighted by Gasteiger charge is -2.18. The first-order valence-corrected chi connectivity index (χ1v) is 10.4. The molecule has 0 radical (unpaired) electrons. The van der Waals surface area contributed by atoms with E-state index in [1.807, 2.05) is 6.07 Å². The predicted molar refractivity (Wildman–Crippen MR) is 117 cm³/mol. The van der Waals surface area contributed by atoms with Gasteiger partial charge in [0.25, 0.3) is 0 Å². The number of fused-ring (bicyclic) bond motifs is 1. The minimum atomic E-state index is -0.425. The summed E-state index contributed by atoms with van der Waals surface area (Å²) in [5.41, 5.74) is 4.70. The minimum Gasteiger partial charge on any atom is -0.508 e. The highest BCUT2D eigenvalue weighted by Crippen LogP contribution is 2.31. The van der Waals surface area contributed by atoms with Gasteiger partial charge in [-0.3, -0.25) is 9.59 Å². The van der Waals surface area contributed by atoms with Gasteiger partial charge < -0.3 is 15.3 Å². The van der Waals surface area contributed by atoms with Crippen LogP contribution in [0.3, 0.4) is 0 Å². The normalized spacial score (nSPS) is 17.6. The summed E-state index contributed by atoms with van der Waals surface area (Å²) >= 11 is 0. The predicted octanol–water partition coefficient (Wildman–Crippen LogP) is 3.33. The van der Waals surface area contributed by atoms with E-state index in [-0.39, 0.29) is 24.0 Å². The summed E-state index contributed by atoms with van der Waals surface area (Å²) in [4.78, 5) is 35.6. The second-order valence-corrected chi connectivity index (χ2v) is 8.05. The Morgan fingerprint density at radius 2 is 1.87 bits per heavy atom. The maximum atomic E-state index is 12.7. The fraction of sp³-hybridized carbons (Fsp3) is 0.250. The highest BCUT2D eigenvalue weighted by atomic mass is 16.3. The van der Waals surface area contributed by atoms with Gasteiger partial charge in [-0.05, 0) is 54.7 Å². The largest absolute Gasteiger partial charge is 0.508 e. The number of amides is 2. The highest BCUT2D eigenvalue weighted by molar-refractivity contribution is 6.03. The van der Waals surface area contributed by atoms with Gasteiger partial charge in [0.05, 0.1) is 24.0 Å². The van der Waals surface area contributed by atoms with Gasteiger partial charge >= 0.3 is 0 Å². The lowest BCUT2D eigenvalue weighted by atomic mass is 10.1. The number of rotatable bonds is 4. The van der Waals surface area contributed by atoms with Crippen LogP contribution in [0.15, 0.2) is 54.9 Å². The van der Waals surface area contributed by atoms with Crippen LogP contribution >= 0.6 is 0 Å². The number of aromatic nitrogens is 2. The smallest absolute Gasteiger partial charge is 0.229 e. The Bertz CT molecular complexity index is 1160. The van der Waals surface area contributed by atoms with E-state index in [2.05, 4.69) is 27.4 Å². The van der Waals surface area contributed by atoms with Gasteiger partial charge in [-0.25, -0.2) is 9.97 Å². The van der Waals surface area contributed by atoms with Gasteiger partial charge in [-0.15, -0.1) is 0 Å². The molecule has 2 N–H and O–H groups in total. The van der Waals surface area contributed by atoms with Gasteiger partial charge in [-0.2, -0.15) is 0 Å². The van der Waals surface area contributed by atoms with Crippen molar-refractivity contribution in [3.63, 3.8) is 0 Å². The maximum Gasteiger partial charge on any atom is 0.229 e. The molecule has 1 aromatic heterocycles. The SMILES string of the molecule is O=C(Nc1cnc(-c2cccc(O)c2)nc1)C1CC(=O)N(c2ccc3c(c2)CCC3)C1. The zero-order valence-electron chi connectivity index (χ0n) is 16.9. The standard InChI is InChI=1S/C24H22N4O3/c29-21-6-2-5-17(10-21)23-25-12-19(13-26-23)27-24(31)18-11-22(30)28(14-18)20-8-7-15-3-1-4-16(15)9-20/h2,5-10,12-13,18,29H,1,3-4,11,14H2,(H,27,31). The molecule has 2 amide bonds. The first-order valence-electron chi connectivity index (χ1n) is 10.4. The van der Waals surface area contributed by atoms with E-state index in [1.165, 1.54) is 23.5 Å². The molecule has 1 atom stereocenters. The van der Waals surface area contributed by atoms with Crippen LogP contribution < -0.4 is 10.2 Å². The molecule has 0 saturated carbocycles. The molecule has 156 valence electrons. The van der Waals surface area contributed by atoms with Crippen LogP contribution in [0.1, 0.15) is 24.0 Å². The van der Waals surface area contributed by atoms with Gasteiger partial charge in [-0.1, -0.05) is 18.2 Å². The molecule has 0 spiro atoms. The van der Waals surface area contributed by atoms with E-state index in [4.69, 9.17) is 0 Å². The average molecular weight is 414 g/mol. The van der Waals surface area contributed by atoms with Crippen LogP contribution in [0, 0.1) is 5.92 Å². The summed E-state index contributed by atoms with van der Waals surface area (Å²) < 4.78 is 0. The van der Waals surface area contributed by atoms with Crippen molar-refractivity contribution in [3.8, 4) is 17.1 Å². The van der Waals surface area contributed by atoms with Crippen LogP contribution in [-0.2, 0) is 22.4 Å². The fourth-order valence-electron chi connectivity index (χ4n) is 4.29. The van der Waals surface area contributed by atoms with Crippen molar-refractivity contribution in [1.29, 1.82) is 0 Å². The third-order valence-electron chi connectivity index (χ3n) is 5.91. The number of nitrogens with zero attached hydrogens (tertiary/aromatic N) is 3. The van der Waals surface area contributed by atoms with Crippen LogP contribution in [0.4, 0.5) is 11.4 Å². The molecule has 2 aromatic carbocycles. The summed E-state index contributed by atoms with van der Waals surface area (Å²) in [5, 5.41) is 12.4. The maximum absolute atomic E-state index is 12.7. The number of hydrogen-bond donors (Lipinski definition) is 2. The summed E-state index contributed by atoms with van der Waals surface area (Å²) in [6, 6.07) is 12.8. The van der Waals surface area contributed by atoms with E-state index in [1.54, 1.807) is 29.2 Å². The first-order chi connectivity index (χ1) is 15.1. The number of aromatic hydroxyl groups is 1. The van der Waals surface area contributed by atoms with Crippen LogP contribution in [0.5, 0.6) is 5.75 Å². The van der Waals surface area contributed by atoms with E-state index in [9.17, 15) is 14.7 Å². The van der Waals surface area contributed by atoms with Gasteiger partial charge in [0.2, 0.25) is 11.8 Å². The van der Waals surface area contributed by atoms with Crippen LogP contribution in [-0.4, -0.2) is 33.4 Å². The molecule has 31 heavy (non-hydrogen) atoms. The molecule has 1 unspecified atom stereocenters. The molecular weight excluding hydrogens is 392 g/mol. The summed E-state index contributed by atoms with van der Waals surface area (Å²) in [6.07, 6.45) is 6.54. The zero-order valence-corrected chi connectivity index (χ0v) is 16.9. The Morgan fingerprint density at radius 3 is 2.68 bits per heavy atom. The number of benzene rings is 2. The quantitative estimate of drug-likeness (QED) is 0.683. The van der Waals surface area contributed by atoms with Gasteiger partial charge in [0, 0.05) is 24.2 Å². The van der Waals surface area contributed by atoms with E-state index >= 15 is 0 Å². The fourth-order valence-corrected chi connectivity index (χ4v) is 4.29. The Labute approximate surface area is 179 Å². The Kier molecular flexibility index (Phi) is 4.86. The second-order valence-electron chi connectivity index (χ2n) is 8.05. The number of anilines is 2. The monoisotopic (exact) mass is 414 g/mol. The Hall–Kier alpha value is -3.74. The van der Waals surface area contributed by atoms with E-state index < -0.39 is 5.92 Å². The van der Waals surface area contributed by atoms with Gasteiger partial charge in [0.15, 0.2) is 5.82 Å². The summed E-state index contributed by atoms with van der Waals surface area (Å²) in [7, 11) is 0. The van der Waals surface area contributed by atoms with Gasteiger partial charge in [0.1, 0.15) is 5.75 Å². The average Bonchev–Trinajstić information content (AvgIpc) is 3.40. The molecule has 2 aliphatic rings. The van der Waals surface area contributed by atoms with E-state index in [0.717, 1.165) is 24.9 Å². The number of aryl methyl sites for hydroxylation is 2. The molecule has 2 heterocycles. The molecule has 7 heteroatoms. The van der Waals surface area contributed by atoms with Crippen molar-refractivity contribution in [1.82, 2.24) is 9.97 Å². The van der Waals surface area contributed by atoms with Crippen molar-refractivity contribution in [2.24, 2.45) is 5.92 Å². The molecule has 1 aliphatic carbocycles. The number of nitrogens with one attached hydrogen (secondary N) is 1. The number of phenolic OH excluding ortho intramolecular Hbond substituents is 1.